The molecule has 0 saturated carbocycles. The molecule has 1 aliphatic rings. The van der Waals surface area contributed by atoms with Gasteiger partial charge in [-0.15, -0.1) is 0 Å². The maximum atomic E-state index is 11.8. The molecule has 7 nitrogen and oxygen atoms in total. The van der Waals surface area contributed by atoms with Gasteiger partial charge in [0.1, 0.15) is 0 Å². The summed E-state index contributed by atoms with van der Waals surface area (Å²) in [6, 6.07) is 0. The number of hydrogen-bond donors (Lipinski definition) is 0. The molecule has 7 heteroatoms. The van der Waals surface area contributed by atoms with Gasteiger partial charge in [0.05, 0.1) is 13.1 Å². The number of amides is 1. The van der Waals surface area contributed by atoms with Crippen molar-refractivity contribution in [3.8, 4) is 0 Å². The van der Waals surface area contributed by atoms with Crippen LogP contribution >= 0.6 is 0 Å². The van der Waals surface area contributed by atoms with Crippen LogP contribution in [-0.2, 0) is 16.8 Å². The maximum absolute atomic E-state index is 11.8. The molecule has 2 rings (SSSR count). The minimum Gasteiger partial charge on any atom is -0.348 e. The predicted octanol–water partition coefficient (Wildman–Crippen LogP) is 0.963. The quantitative estimate of drug-likeness (QED) is 0.822. The molecule has 1 saturated heterocycles. The first-order chi connectivity index (χ1) is 10.8. The zero-order valence-electron chi connectivity index (χ0n) is 15.0. The molecular formula is C16H29N5O2. The van der Waals surface area contributed by atoms with Crippen molar-refractivity contribution >= 4 is 5.91 Å². The van der Waals surface area contributed by atoms with Crippen LogP contribution in [0.4, 0.5) is 0 Å². The van der Waals surface area contributed by atoms with Crippen molar-refractivity contribution in [2.45, 2.75) is 39.2 Å². The SMILES string of the molecule is CN(C)C(=O)CN1CCCN(Cc2nc(C(C)(C)C)no2)CC1. The Balaban J connectivity index is 1.86. The van der Waals surface area contributed by atoms with Gasteiger partial charge in [-0.2, -0.15) is 4.98 Å². The Hall–Kier alpha value is -1.47. The maximum Gasteiger partial charge on any atom is 0.240 e. The number of rotatable bonds is 4. The Labute approximate surface area is 138 Å². The normalized spacial score (nSPS) is 18.0. The van der Waals surface area contributed by atoms with Crippen LogP contribution in [0.2, 0.25) is 0 Å². The molecule has 1 aromatic heterocycles. The summed E-state index contributed by atoms with van der Waals surface area (Å²) in [5, 5.41) is 4.08. The van der Waals surface area contributed by atoms with E-state index in [0.717, 1.165) is 38.4 Å². The first-order valence-electron chi connectivity index (χ1n) is 8.23. The van der Waals surface area contributed by atoms with Gasteiger partial charge in [0, 0.05) is 32.6 Å². The lowest BCUT2D eigenvalue weighted by molar-refractivity contribution is -0.129. The van der Waals surface area contributed by atoms with Gasteiger partial charge < -0.3 is 9.42 Å². The van der Waals surface area contributed by atoms with Crippen LogP contribution < -0.4 is 0 Å². The Kier molecular flexibility index (Phi) is 5.75. The number of likely N-dealkylation sites (N-methyl/N-ethyl adjacent to an activating group) is 1. The predicted molar refractivity (Wildman–Crippen MR) is 88.0 cm³/mol. The third-order valence-corrected chi connectivity index (χ3v) is 4.04. The van der Waals surface area contributed by atoms with Crippen LogP contribution in [0.15, 0.2) is 4.52 Å². The standard InChI is InChI=1S/C16H29N5O2/c1-16(2,3)15-17-13(23-18-15)11-20-7-6-8-21(10-9-20)12-14(22)19(4)5/h6-12H2,1-5H3. The summed E-state index contributed by atoms with van der Waals surface area (Å²) in [7, 11) is 3.60. The molecule has 0 atom stereocenters. The van der Waals surface area contributed by atoms with Gasteiger partial charge in [0.2, 0.25) is 11.8 Å². The average Bonchev–Trinajstić information content (AvgIpc) is 2.82. The van der Waals surface area contributed by atoms with Crippen LogP contribution in [0.3, 0.4) is 0 Å². The molecule has 0 aromatic carbocycles. The molecule has 0 aliphatic carbocycles. The summed E-state index contributed by atoms with van der Waals surface area (Å²) in [4.78, 5) is 22.5. The summed E-state index contributed by atoms with van der Waals surface area (Å²) < 4.78 is 5.38. The lowest BCUT2D eigenvalue weighted by Gasteiger charge is -2.22. The molecule has 0 radical (unpaired) electrons. The third kappa shape index (κ3) is 5.28. The van der Waals surface area contributed by atoms with Crippen LogP contribution in [0, 0.1) is 0 Å². The van der Waals surface area contributed by atoms with Crippen LogP contribution in [0.25, 0.3) is 0 Å². The molecule has 1 fully saturated rings. The van der Waals surface area contributed by atoms with Gasteiger partial charge in [-0.3, -0.25) is 14.6 Å². The topological polar surface area (TPSA) is 65.7 Å². The van der Waals surface area contributed by atoms with Crippen molar-refractivity contribution in [1.82, 2.24) is 24.8 Å². The van der Waals surface area contributed by atoms with E-state index in [1.165, 1.54) is 0 Å². The minimum absolute atomic E-state index is 0.0934. The molecule has 130 valence electrons. The highest BCUT2D eigenvalue weighted by Gasteiger charge is 2.23. The lowest BCUT2D eigenvalue weighted by atomic mass is 9.96. The highest BCUT2D eigenvalue weighted by Crippen LogP contribution is 2.19. The van der Waals surface area contributed by atoms with Crippen molar-refractivity contribution in [3.63, 3.8) is 0 Å². The number of hydrogen-bond acceptors (Lipinski definition) is 6. The van der Waals surface area contributed by atoms with Crippen LogP contribution in [0.5, 0.6) is 0 Å². The van der Waals surface area contributed by atoms with Crippen molar-refractivity contribution in [2.75, 3.05) is 46.8 Å². The monoisotopic (exact) mass is 323 g/mol. The highest BCUT2D eigenvalue weighted by atomic mass is 16.5. The fourth-order valence-electron chi connectivity index (χ4n) is 2.49. The number of nitrogens with zero attached hydrogens (tertiary/aromatic N) is 5. The van der Waals surface area contributed by atoms with Crippen LogP contribution in [0.1, 0.15) is 38.9 Å². The molecule has 0 spiro atoms. The van der Waals surface area contributed by atoms with E-state index >= 15 is 0 Å². The average molecular weight is 323 g/mol. The smallest absolute Gasteiger partial charge is 0.240 e. The second-order valence-corrected chi connectivity index (χ2v) is 7.46. The van der Waals surface area contributed by atoms with Crippen molar-refractivity contribution in [3.05, 3.63) is 11.7 Å². The Morgan fingerprint density at radius 1 is 1.17 bits per heavy atom. The first kappa shape index (κ1) is 17.9. The van der Waals surface area contributed by atoms with E-state index in [2.05, 4.69) is 40.7 Å². The van der Waals surface area contributed by atoms with E-state index in [-0.39, 0.29) is 11.3 Å². The Morgan fingerprint density at radius 2 is 1.83 bits per heavy atom. The van der Waals surface area contributed by atoms with Gasteiger partial charge in [-0.25, -0.2) is 0 Å². The van der Waals surface area contributed by atoms with E-state index in [0.29, 0.717) is 19.0 Å². The third-order valence-electron chi connectivity index (χ3n) is 4.04. The number of carbonyl (C=O) groups is 1. The zero-order valence-corrected chi connectivity index (χ0v) is 15.0. The second-order valence-electron chi connectivity index (χ2n) is 7.46. The largest absolute Gasteiger partial charge is 0.348 e. The van der Waals surface area contributed by atoms with E-state index in [9.17, 15) is 4.79 Å². The van der Waals surface area contributed by atoms with E-state index < -0.39 is 0 Å². The molecule has 1 aliphatic heterocycles. The Morgan fingerprint density at radius 3 is 2.43 bits per heavy atom. The number of carbonyl (C=O) groups excluding carboxylic acids is 1. The van der Waals surface area contributed by atoms with Crippen molar-refractivity contribution < 1.29 is 9.32 Å². The van der Waals surface area contributed by atoms with Gasteiger partial charge in [0.25, 0.3) is 0 Å². The molecule has 0 N–H and O–H groups in total. The molecule has 1 aromatic rings. The highest BCUT2D eigenvalue weighted by molar-refractivity contribution is 5.77. The molecule has 1 amide bonds. The van der Waals surface area contributed by atoms with E-state index in [1.807, 2.05) is 0 Å². The summed E-state index contributed by atoms with van der Waals surface area (Å²) in [6.45, 7) is 11.1. The summed E-state index contributed by atoms with van der Waals surface area (Å²) in [5.74, 6) is 1.58. The Bertz CT molecular complexity index is 521. The first-order valence-corrected chi connectivity index (χ1v) is 8.23. The van der Waals surface area contributed by atoms with Gasteiger partial charge in [-0.1, -0.05) is 25.9 Å². The van der Waals surface area contributed by atoms with E-state index in [4.69, 9.17) is 4.52 Å². The van der Waals surface area contributed by atoms with Gasteiger partial charge in [-0.05, 0) is 19.5 Å². The fraction of sp³-hybridized carbons (Fsp3) is 0.812. The summed E-state index contributed by atoms with van der Waals surface area (Å²) in [6.07, 6.45) is 1.04. The van der Waals surface area contributed by atoms with Gasteiger partial charge >= 0.3 is 0 Å². The summed E-state index contributed by atoms with van der Waals surface area (Å²) in [5.41, 5.74) is -0.0934. The van der Waals surface area contributed by atoms with Gasteiger partial charge in [0.15, 0.2) is 5.82 Å². The molecular weight excluding hydrogens is 294 g/mol. The number of aromatic nitrogens is 2. The second kappa shape index (κ2) is 7.40. The molecule has 2 heterocycles. The molecule has 23 heavy (non-hydrogen) atoms. The summed E-state index contributed by atoms with van der Waals surface area (Å²) >= 11 is 0. The van der Waals surface area contributed by atoms with Crippen LogP contribution in [-0.4, -0.2) is 77.6 Å². The van der Waals surface area contributed by atoms with E-state index in [1.54, 1.807) is 19.0 Å². The molecule has 0 unspecified atom stereocenters. The lowest BCUT2D eigenvalue weighted by Crippen LogP contribution is -2.38. The van der Waals surface area contributed by atoms with Crippen molar-refractivity contribution in [1.29, 1.82) is 0 Å². The molecule has 0 bridgehead atoms. The van der Waals surface area contributed by atoms with Crippen molar-refractivity contribution in [2.24, 2.45) is 0 Å². The zero-order chi connectivity index (χ0) is 17.0. The minimum atomic E-state index is -0.0934. The fourth-order valence-corrected chi connectivity index (χ4v) is 2.49.